The summed E-state index contributed by atoms with van der Waals surface area (Å²) < 4.78 is 0. The summed E-state index contributed by atoms with van der Waals surface area (Å²) in [6.07, 6.45) is 6.38. The Morgan fingerprint density at radius 3 is 2.44 bits per heavy atom. The van der Waals surface area contributed by atoms with Crippen molar-refractivity contribution in [1.29, 1.82) is 0 Å². The van der Waals surface area contributed by atoms with Crippen molar-refractivity contribution in [1.82, 2.24) is 5.32 Å². The molecule has 0 aliphatic heterocycles. The topological polar surface area (TPSA) is 55.1 Å². The summed E-state index contributed by atoms with van der Waals surface area (Å²) >= 11 is 4.90. The molecular formula is C12H22N2OS. The monoisotopic (exact) mass is 242 g/mol. The Kier molecular flexibility index (Phi) is 4.71. The molecule has 1 fully saturated rings. The lowest BCUT2D eigenvalue weighted by Crippen LogP contribution is -2.46. The van der Waals surface area contributed by atoms with E-state index in [-0.39, 0.29) is 10.9 Å². The van der Waals surface area contributed by atoms with Crippen LogP contribution in [0.3, 0.4) is 0 Å². The van der Waals surface area contributed by atoms with Gasteiger partial charge in [-0.3, -0.25) is 4.79 Å². The molecule has 1 rings (SSSR count). The molecule has 1 aliphatic rings. The van der Waals surface area contributed by atoms with Crippen molar-refractivity contribution >= 4 is 23.1 Å². The van der Waals surface area contributed by atoms with E-state index in [0.717, 1.165) is 6.54 Å². The van der Waals surface area contributed by atoms with Crippen molar-refractivity contribution in [2.24, 2.45) is 17.1 Å². The van der Waals surface area contributed by atoms with Crippen LogP contribution in [0, 0.1) is 11.3 Å². The summed E-state index contributed by atoms with van der Waals surface area (Å²) in [4.78, 5) is 12.1. The zero-order valence-electron chi connectivity index (χ0n) is 10.2. The van der Waals surface area contributed by atoms with Gasteiger partial charge < -0.3 is 11.1 Å². The number of carbonyl (C=O) groups excluding carboxylic acids is 1. The fourth-order valence-electron chi connectivity index (χ4n) is 1.96. The van der Waals surface area contributed by atoms with E-state index in [9.17, 15) is 4.79 Å². The molecular weight excluding hydrogens is 220 g/mol. The van der Waals surface area contributed by atoms with Gasteiger partial charge in [-0.2, -0.15) is 0 Å². The SMILES string of the molecule is CC(C)(C(=O)NCC1CCCCC1)C(N)=S. The third-order valence-electron chi connectivity index (χ3n) is 3.46. The Balaban J connectivity index is 2.37. The van der Waals surface area contributed by atoms with Gasteiger partial charge in [0.05, 0.1) is 10.4 Å². The second-order valence-electron chi connectivity index (χ2n) is 5.20. The highest BCUT2D eigenvalue weighted by Gasteiger charge is 2.31. The Bertz CT molecular complexity index is 270. The van der Waals surface area contributed by atoms with Gasteiger partial charge in [0.2, 0.25) is 5.91 Å². The van der Waals surface area contributed by atoms with Gasteiger partial charge in [-0.15, -0.1) is 0 Å². The molecule has 16 heavy (non-hydrogen) atoms. The molecule has 3 N–H and O–H groups in total. The van der Waals surface area contributed by atoms with E-state index in [1.807, 2.05) is 0 Å². The van der Waals surface area contributed by atoms with E-state index in [0.29, 0.717) is 5.92 Å². The maximum absolute atomic E-state index is 11.9. The quantitative estimate of drug-likeness (QED) is 0.741. The van der Waals surface area contributed by atoms with Gasteiger partial charge in [0.15, 0.2) is 0 Å². The molecule has 4 heteroatoms. The summed E-state index contributed by atoms with van der Waals surface area (Å²) in [7, 11) is 0. The van der Waals surface area contributed by atoms with Crippen LogP contribution in [-0.4, -0.2) is 17.4 Å². The van der Waals surface area contributed by atoms with Crippen LogP contribution in [-0.2, 0) is 4.79 Å². The zero-order chi connectivity index (χ0) is 12.2. The smallest absolute Gasteiger partial charge is 0.232 e. The van der Waals surface area contributed by atoms with E-state index in [4.69, 9.17) is 18.0 Å². The Morgan fingerprint density at radius 2 is 1.94 bits per heavy atom. The average molecular weight is 242 g/mol. The molecule has 3 nitrogen and oxygen atoms in total. The molecule has 0 saturated heterocycles. The normalized spacial score (nSPS) is 18.1. The predicted octanol–water partition coefficient (Wildman–Crippen LogP) is 2.00. The molecule has 0 spiro atoms. The minimum absolute atomic E-state index is 0.0504. The van der Waals surface area contributed by atoms with E-state index in [1.165, 1.54) is 32.1 Å². The first-order chi connectivity index (χ1) is 7.44. The van der Waals surface area contributed by atoms with Crippen LogP contribution < -0.4 is 11.1 Å². The molecule has 0 aromatic rings. The number of carbonyl (C=O) groups is 1. The third-order valence-corrected chi connectivity index (χ3v) is 3.97. The molecule has 0 heterocycles. The van der Waals surface area contributed by atoms with Crippen LogP contribution in [0.25, 0.3) is 0 Å². The second-order valence-corrected chi connectivity index (χ2v) is 5.64. The number of hydrogen-bond acceptors (Lipinski definition) is 2. The Hall–Kier alpha value is -0.640. The number of rotatable bonds is 4. The summed E-state index contributed by atoms with van der Waals surface area (Å²) in [5.41, 5.74) is 4.82. The molecule has 0 bridgehead atoms. The molecule has 0 unspecified atom stereocenters. The Labute approximate surface area is 103 Å². The van der Waals surface area contributed by atoms with E-state index < -0.39 is 5.41 Å². The number of nitrogens with one attached hydrogen (secondary N) is 1. The highest BCUT2D eigenvalue weighted by molar-refractivity contribution is 7.80. The van der Waals surface area contributed by atoms with Gasteiger partial charge in [0.25, 0.3) is 0 Å². The van der Waals surface area contributed by atoms with Gasteiger partial charge in [-0.25, -0.2) is 0 Å². The van der Waals surface area contributed by atoms with Crippen LogP contribution in [0.4, 0.5) is 0 Å². The van der Waals surface area contributed by atoms with Crippen LogP contribution in [0.2, 0.25) is 0 Å². The van der Waals surface area contributed by atoms with Gasteiger partial charge in [0, 0.05) is 6.54 Å². The molecule has 0 aromatic carbocycles. The highest BCUT2D eigenvalue weighted by Crippen LogP contribution is 2.23. The third kappa shape index (κ3) is 3.44. The van der Waals surface area contributed by atoms with Crippen molar-refractivity contribution in [3.63, 3.8) is 0 Å². The first-order valence-electron chi connectivity index (χ1n) is 6.03. The molecule has 1 aliphatic carbocycles. The largest absolute Gasteiger partial charge is 0.392 e. The molecule has 0 atom stereocenters. The van der Waals surface area contributed by atoms with Crippen molar-refractivity contribution in [3.8, 4) is 0 Å². The van der Waals surface area contributed by atoms with Gasteiger partial charge in [-0.1, -0.05) is 31.5 Å². The highest BCUT2D eigenvalue weighted by atomic mass is 32.1. The summed E-state index contributed by atoms with van der Waals surface area (Å²) in [5, 5.41) is 2.97. The van der Waals surface area contributed by atoms with Gasteiger partial charge in [-0.05, 0) is 32.6 Å². The molecule has 92 valence electrons. The number of thiocarbonyl (C=S) groups is 1. The Morgan fingerprint density at radius 1 is 1.38 bits per heavy atom. The fourth-order valence-corrected chi connectivity index (χ4v) is 2.05. The van der Waals surface area contributed by atoms with Crippen molar-refractivity contribution < 1.29 is 4.79 Å². The molecule has 0 radical (unpaired) electrons. The van der Waals surface area contributed by atoms with Crippen LogP contribution in [0.15, 0.2) is 0 Å². The molecule has 0 aromatic heterocycles. The van der Waals surface area contributed by atoms with Crippen molar-refractivity contribution in [3.05, 3.63) is 0 Å². The fraction of sp³-hybridized carbons (Fsp3) is 0.833. The van der Waals surface area contributed by atoms with E-state index in [1.54, 1.807) is 13.8 Å². The first-order valence-corrected chi connectivity index (χ1v) is 6.43. The van der Waals surface area contributed by atoms with Crippen LogP contribution in [0.1, 0.15) is 46.0 Å². The standard InChI is InChI=1S/C12H22N2OS/c1-12(2,10(13)16)11(15)14-8-9-6-4-3-5-7-9/h9H,3-8H2,1-2H3,(H2,13,16)(H,14,15). The zero-order valence-corrected chi connectivity index (χ0v) is 11.0. The van der Waals surface area contributed by atoms with Crippen molar-refractivity contribution in [2.45, 2.75) is 46.0 Å². The van der Waals surface area contributed by atoms with Crippen LogP contribution >= 0.6 is 12.2 Å². The predicted molar refractivity (Wildman–Crippen MR) is 70.2 cm³/mol. The number of amides is 1. The minimum atomic E-state index is -0.732. The average Bonchev–Trinajstić information content (AvgIpc) is 2.27. The first kappa shape index (κ1) is 13.4. The lowest BCUT2D eigenvalue weighted by molar-refractivity contribution is -0.126. The van der Waals surface area contributed by atoms with E-state index >= 15 is 0 Å². The maximum Gasteiger partial charge on any atom is 0.232 e. The van der Waals surface area contributed by atoms with Crippen molar-refractivity contribution in [2.75, 3.05) is 6.54 Å². The van der Waals surface area contributed by atoms with Crippen LogP contribution in [0.5, 0.6) is 0 Å². The summed E-state index contributed by atoms with van der Waals surface area (Å²) in [6, 6.07) is 0. The number of nitrogens with two attached hydrogens (primary N) is 1. The number of hydrogen-bond donors (Lipinski definition) is 2. The van der Waals surface area contributed by atoms with E-state index in [2.05, 4.69) is 5.32 Å². The van der Waals surface area contributed by atoms with Gasteiger partial charge in [0.1, 0.15) is 0 Å². The second kappa shape index (κ2) is 5.62. The molecule has 1 amide bonds. The van der Waals surface area contributed by atoms with Gasteiger partial charge >= 0.3 is 0 Å². The summed E-state index contributed by atoms with van der Waals surface area (Å²) in [6.45, 7) is 4.31. The lowest BCUT2D eigenvalue weighted by atomic mass is 9.88. The summed E-state index contributed by atoms with van der Waals surface area (Å²) in [5.74, 6) is 0.588. The lowest BCUT2D eigenvalue weighted by Gasteiger charge is -2.26. The maximum atomic E-state index is 11.9. The molecule has 1 saturated carbocycles. The minimum Gasteiger partial charge on any atom is -0.392 e.